The van der Waals surface area contributed by atoms with E-state index in [0.717, 1.165) is 4.90 Å². The van der Waals surface area contributed by atoms with Crippen LogP contribution >= 0.6 is 0 Å². The number of Topliss-reactive ketones (excluding diaryl/α,β-unsaturated/α-hetero) is 1. The fourth-order valence-electron chi connectivity index (χ4n) is 3.79. The number of ether oxygens (including phenoxy) is 1. The van der Waals surface area contributed by atoms with Gasteiger partial charge in [0, 0.05) is 25.1 Å². The fraction of sp³-hybridized carbons (Fsp3) is 0.455. The van der Waals surface area contributed by atoms with Crippen LogP contribution in [0.1, 0.15) is 51.4 Å². The summed E-state index contributed by atoms with van der Waals surface area (Å²) in [7, 11) is 0. The molecule has 2 amide bonds. The van der Waals surface area contributed by atoms with Crippen molar-refractivity contribution in [2.75, 3.05) is 6.54 Å². The topological polar surface area (TPSA) is 80.8 Å². The lowest BCUT2D eigenvalue weighted by atomic mass is 9.65. The molecule has 0 spiro atoms. The minimum Gasteiger partial charge on any atom is -0.419 e. The lowest BCUT2D eigenvalue weighted by Crippen LogP contribution is -2.47. The minimum absolute atomic E-state index is 0.0463. The van der Waals surface area contributed by atoms with E-state index in [9.17, 15) is 41.1 Å². The Bertz CT molecular complexity index is 987. The Hall–Kier alpha value is -3.11. The van der Waals surface area contributed by atoms with Gasteiger partial charge in [-0.1, -0.05) is 19.3 Å². The number of benzene rings is 1. The maximum absolute atomic E-state index is 13.8. The van der Waals surface area contributed by atoms with Crippen LogP contribution < -0.4 is 4.74 Å². The van der Waals surface area contributed by atoms with Gasteiger partial charge in [-0.25, -0.2) is 13.2 Å². The summed E-state index contributed by atoms with van der Waals surface area (Å²) in [5.74, 6) is -15.8. The van der Waals surface area contributed by atoms with E-state index in [4.69, 9.17) is 0 Å². The Balaban J connectivity index is 1.53. The van der Waals surface area contributed by atoms with E-state index < -0.39 is 52.0 Å². The van der Waals surface area contributed by atoms with Crippen LogP contribution in [0, 0.1) is 34.5 Å². The van der Waals surface area contributed by atoms with Crippen molar-refractivity contribution in [1.29, 1.82) is 0 Å². The molecule has 1 heterocycles. The number of ketones is 1. The molecule has 0 unspecified atom stereocenters. The predicted octanol–water partition coefficient (Wildman–Crippen LogP) is 3.90. The summed E-state index contributed by atoms with van der Waals surface area (Å²) in [6, 6.07) is 0. The monoisotopic (exact) mass is 473 g/mol. The summed E-state index contributed by atoms with van der Waals surface area (Å²) in [5, 5.41) is 0. The molecule has 11 heteroatoms. The Labute approximate surface area is 185 Å². The van der Waals surface area contributed by atoms with Crippen molar-refractivity contribution in [3.05, 3.63) is 41.2 Å². The SMILES string of the molecule is O=C1C=CC(=O)N1CCCCCCC(=O)C1(C(=O)Oc2c(F)c(F)c(F)c(F)c2F)CCC1. The fourth-order valence-corrected chi connectivity index (χ4v) is 3.79. The lowest BCUT2D eigenvalue weighted by molar-refractivity contribution is -0.159. The van der Waals surface area contributed by atoms with Crippen LogP contribution in [0.5, 0.6) is 5.75 Å². The number of imide groups is 1. The summed E-state index contributed by atoms with van der Waals surface area (Å²) < 4.78 is 72.0. The average molecular weight is 473 g/mol. The van der Waals surface area contributed by atoms with E-state index in [2.05, 4.69) is 4.74 Å². The molecule has 2 aliphatic rings. The molecule has 33 heavy (non-hydrogen) atoms. The predicted molar refractivity (Wildman–Crippen MR) is 102 cm³/mol. The Morgan fingerprint density at radius 1 is 0.818 bits per heavy atom. The van der Waals surface area contributed by atoms with Gasteiger partial charge in [0.25, 0.3) is 11.8 Å². The summed E-state index contributed by atoms with van der Waals surface area (Å²) in [5.41, 5.74) is -1.68. The van der Waals surface area contributed by atoms with Crippen molar-refractivity contribution in [3.8, 4) is 5.75 Å². The molecular weight excluding hydrogens is 453 g/mol. The van der Waals surface area contributed by atoms with Gasteiger partial charge in [0.15, 0.2) is 0 Å². The van der Waals surface area contributed by atoms with E-state index in [-0.39, 0.29) is 37.6 Å². The van der Waals surface area contributed by atoms with Gasteiger partial charge in [0.1, 0.15) is 11.2 Å². The van der Waals surface area contributed by atoms with Crippen LogP contribution in [0.25, 0.3) is 0 Å². The van der Waals surface area contributed by atoms with E-state index in [0.29, 0.717) is 32.1 Å². The quantitative estimate of drug-likeness (QED) is 0.0753. The Kier molecular flexibility index (Phi) is 7.28. The zero-order chi connectivity index (χ0) is 24.3. The van der Waals surface area contributed by atoms with Crippen molar-refractivity contribution in [3.63, 3.8) is 0 Å². The molecule has 1 saturated carbocycles. The molecule has 1 fully saturated rings. The molecule has 1 aliphatic carbocycles. The molecule has 0 radical (unpaired) electrons. The van der Waals surface area contributed by atoms with Crippen LogP contribution in [-0.2, 0) is 19.2 Å². The normalized spacial score (nSPS) is 16.8. The van der Waals surface area contributed by atoms with Gasteiger partial charge in [-0.3, -0.25) is 24.1 Å². The molecule has 0 atom stereocenters. The van der Waals surface area contributed by atoms with Crippen molar-refractivity contribution in [2.24, 2.45) is 5.41 Å². The van der Waals surface area contributed by atoms with Crippen molar-refractivity contribution >= 4 is 23.6 Å². The van der Waals surface area contributed by atoms with E-state index in [1.54, 1.807) is 0 Å². The highest BCUT2D eigenvalue weighted by molar-refractivity contribution is 6.12. The highest BCUT2D eigenvalue weighted by Crippen LogP contribution is 2.45. The highest BCUT2D eigenvalue weighted by atomic mass is 19.2. The first kappa shape index (κ1) is 24.5. The molecule has 1 aromatic carbocycles. The van der Waals surface area contributed by atoms with Crippen LogP contribution in [0.3, 0.4) is 0 Å². The van der Waals surface area contributed by atoms with Crippen molar-refractivity contribution < 1.29 is 45.9 Å². The average Bonchev–Trinajstić information content (AvgIpc) is 3.07. The van der Waals surface area contributed by atoms with Crippen molar-refractivity contribution in [2.45, 2.75) is 51.4 Å². The van der Waals surface area contributed by atoms with Gasteiger partial charge in [-0.05, 0) is 25.7 Å². The minimum atomic E-state index is -2.38. The van der Waals surface area contributed by atoms with Crippen LogP contribution in [0.15, 0.2) is 12.2 Å². The molecule has 0 saturated heterocycles. The Morgan fingerprint density at radius 3 is 1.85 bits per heavy atom. The van der Waals surface area contributed by atoms with Gasteiger partial charge < -0.3 is 4.74 Å². The van der Waals surface area contributed by atoms with Gasteiger partial charge in [0.2, 0.25) is 34.8 Å². The Morgan fingerprint density at radius 2 is 1.33 bits per heavy atom. The number of carbonyl (C=O) groups is 4. The summed E-state index contributed by atoms with van der Waals surface area (Å²) in [6.07, 6.45) is 4.94. The third-order valence-corrected chi connectivity index (χ3v) is 5.93. The number of unbranched alkanes of at least 4 members (excludes halogenated alkanes) is 3. The highest BCUT2D eigenvalue weighted by Gasteiger charge is 2.52. The number of amides is 2. The lowest BCUT2D eigenvalue weighted by Gasteiger charge is -2.37. The maximum Gasteiger partial charge on any atom is 0.325 e. The molecule has 3 rings (SSSR count). The second kappa shape index (κ2) is 9.80. The van der Waals surface area contributed by atoms with Gasteiger partial charge in [0.05, 0.1) is 0 Å². The van der Waals surface area contributed by atoms with Crippen LogP contribution in [0.4, 0.5) is 22.0 Å². The third kappa shape index (κ3) is 4.67. The van der Waals surface area contributed by atoms with Gasteiger partial charge in [-0.15, -0.1) is 0 Å². The zero-order valence-corrected chi connectivity index (χ0v) is 17.4. The first-order valence-corrected chi connectivity index (χ1v) is 10.4. The largest absolute Gasteiger partial charge is 0.419 e. The second-order valence-electron chi connectivity index (χ2n) is 7.97. The number of hydrogen-bond donors (Lipinski definition) is 0. The number of rotatable bonds is 10. The number of hydrogen-bond acceptors (Lipinski definition) is 5. The molecule has 6 nitrogen and oxygen atoms in total. The first-order valence-electron chi connectivity index (χ1n) is 10.4. The smallest absolute Gasteiger partial charge is 0.325 e. The second-order valence-corrected chi connectivity index (χ2v) is 7.97. The molecule has 1 aliphatic heterocycles. The van der Waals surface area contributed by atoms with Gasteiger partial charge in [-0.2, -0.15) is 8.78 Å². The van der Waals surface area contributed by atoms with E-state index in [1.165, 1.54) is 12.2 Å². The molecule has 0 N–H and O–H groups in total. The maximum atomic E-state index is 13.8. The summed E-state index contributed by atoms with van der Waals surface area (Å²) in [6.45, 7) is 0.247. The van der Waals surface area contributed by atoms with Gasteiger partial charge >= 0.3 is 5.97 Å². The molecule has 1 aromatic rings. The van der Waals surface area contributed by atoms with Crippen LogP contribution in [-0.4, -0.2) is 35.0 Å². The number of halogens is 5. The summed E-state index contributed by atoms with van der Waals surface area (Å²) in [4.78, 5) is 49.2. The molecule has 0 aromatic heterocycles. The number of carbonyl (C=O) groups excluding carboxylic acids is 4. The molecule has 178 valence electrons. The van der Waals surface area contributed by atoms with E-state index in [1.807, 2.05) is 0 Å². The number of nitrogens with zero attached hydrogens (tertiary/aromatic N) is 1. The van der Waals surface area contributed by atoms with Crippen molar-refractivity contribution in [1.82, 2.24) is 4.90 Å². The molecule has 0 bridgehead atoms. The standard InChI is InChI=1S/C22H20F5NO5/c23-15-16(24)18(26)20(19(27)17(15)25)33-21(32)22(9-5-10-22)12(29)6-3-1-2-4-11-28-13(30)7-8-14(28)31/h7-8H,1-6,9-11H2. The van der Waals surface area contributed by atoms with E-state index >= 15 is 0 Å². The zero-order valence-electron chi connectivity index (χ0n) is 17.4. The molecular formula is C22H20F5NO5. The van der Waals surface area contributed by atoms with Crippen LogP contribution in [0.2, 0.25) is 0 Å². The summed E-state index contributed by atoms with van der Waals surface area (Å²) >= 11 is 0. The first-order chi connectivity index (χ1) is 15.6. The third-order valence-electron chi connectivity index (χ3n) is 5.93. The number of esters is 1.